The van der Waals surface area contributed by atoms with E-state index in [1.54, 1.807) is 0 Å². The second-order valence-corrected chi connectivity index (χ2v) is 10.4. The molecular formula is C36H32Cl2SiZr. The molecule has 0 saturated heterocycles. The zero-order valence-electron chi connectivity index (χ0n) is 23.1. The SMILES string of the molecule is CCc1cc2c(-c3cccc4ccccc34)cccc2[cH-]1.C[Si]C.[Cl-].[Cl-].[Zr+4].c1ccc2c(c1)[cH-]c1ccccc12. The summed E-state index contributed by atoms with van der Waals surface area (Å²) in [5, 5.41) is 10.7. The van der Waals surface area contributed by atoms with Crippen LogP contribution < -0.4 is 24.8 Å². The van der Waals surface area contributed by atoms with Crippen LogP contribution in [0.15, 0.2) is 127 Å². The van der Waals surface area contributed by atoms with E-state index in [0.717, 1.165) is 15.9 Å². The van der Waals surface area contributed by atoms with Crippen molar-refractivity contribution in [1.82, 2.24) is 0 Å². The third kappa shape index (κ3) is 7.23. The number of hydrogen-bond acceptors (Lipinski definition) is 0. The summed E-state index contributed by atoms with van der Waals surface area (Å²) in [6.45, 7) is 6.52. The molecule has 198 valence electrons. The molecule has 7 aromatic rings. The second kappa shape index (κ2) is 16.1. The molecule has 0 bridgehead atoms. The van der Waals surface area contributed by atoms with Gasteiger partial charge in [0.15, 0.2) is 0 Å². The molecule has 0 amide bonds. The maximum atomic E-state index is 2.34. The first-order chi connectivity index (χ1) is 18.2. The van der Waals surface area contributed by atoms with Gasteiger partial charge in [0.05, 0.1) is 0 Å². The third-order valence-corrected chi connectivity index (χ3v) is 6.82. The Labute approximate surface area is 272 Å². The molecule has 0 fully saturated rings. The topological polar surface area (TPSA) is 0 Å². The van der Waals surface area contributed by atoms with Gasteiger partial charge in [-0.05, 0) is 22.8 Å². The van der Waals surface area contributed by atoms with E-state index in [1.807, 2.05) is 0 Å². The summed E-state index contributed by atoms with van der Waals surface area (Å²) in [6, 6.07) is 45.7. The van der Waals surface area contributed by atoms with Crippen molar-refractivity contribution >= 4 is 52.6 Å². The van der Waals surface area contributed by atoms with E-state index in [4.69, 9.17) is 0 Å². The quantitative estimate of drug-likeness (QED) is 0.191. The van der Waals surface area contributed by atoms with E-state index in [0.29, 0.717) is 0 Å². The van der Waals surface area contributed by atoms with E-state index < -0.39 is 0 Å². The maximum absolute atomic E-state index is 2.34. The summed E-state index contributed by atoms with van der Waals surface area (Å²) in [5.41, 5.74) is 4.08. The van der Waals surface area contributed by atoms with Crippen molar-refractivity contribution < 1.29 is 51.0 Å². The summed E-state index contributed by atoms with van der Waals surface area (Å²) < 4.78 is 0. The Hall–Kier alpha value is -2.48. The molecular weight excluding hydrogens is 623 g/mol. The van der Waals surface area contributed by atoms with Crippen LogP contribution in [0.3, 0.4) is 0 Å². The zero-order chi connectivity index (χ0) is 25.6. The molecule has 0 aromatic heterocycles. The molecule has 0 aliphatic rings. The van der Waals surface area contributed by atoms with Gasteiger partial charge < -0.3 is 24.8 Å². The van der Waals surface area contributed by atoms with Crippen LogP contribution in [0.2, 0.25) is 13.1 Å². The fraction of sp³-hybridized carbons (Fsp3) is 0.111. The minimum absolute atomic E-state index is 0. The average Bonchev–Trinajstić information content (AvgIpc) is 3.55. The first-order valence-electron chi connectivity index (χ1n) is 13.0. The van der Waals surface area contributed by atoms with Gasteiger partial charge in [-0.2, -0.15) is 6.07 Å². The van der Waals surface area contributed by atoms with Gasteiger partial charge >= 0.3 is 26.2 Å². The standard InChI is InChI=1S/C21H17.C13H9.C2H6Si.2ClH.Zr/c1-2-15-13-17-9-6-12-20(21(17)14-15)19-11-5-8-16-7-3-4-10-18(16)19;1-3-7-12-10(5-1)9-11-6-2-4-8-13(11)12;1-3-2;;;/h3-14H,2H2,1H3;1-9H;1-2H3;2*1H;/q2*-1;;;;+4/p-2. The molecule has 7 rings (SSSR count). The summed E-state index contributed by atoms with van der Waals surface area (Å²) in [6.07, 6.45) is 1.09. The Morgan fingerprint density at radius 1 is 0.525 bits per heavy atom. The van der Waals surface area contributed by atoms with Crippen LogP contribution in [0.25, 0.3) is 54.2 Å². The molecule has 0 saturated carbocycles. The first-order valence-corrected chi connectivity index (χ1v) is 15.0. The van der Waals surface area contributed by atoms with Crippen LogP contribution in [0.4, 0.5) is 0 Å². The Bertz CT molecular complexity index is 1720. The van der Waals surface area contributed by atoms with Crippen molar-refractivity contribution in [3.05, 3.63) is 133 Å². The fourth-order valence-corrected chi connectivity index (χ4v) is 5.10. The Morgan fingerprint density at radius 2 is 0.950 bits per heavy atom. The second-order valence-electron chi connectivity index (χ2n) is 9.37. The Balaban J connectivity index is 0.000000256. The van der Waals surface area contributed by atoms with Gasteiger partial charge in [-0.25, -0.2) is 0 Å². The largest absolute Gasteiger partial charge is 4.00 e. The smallest absolute Gasteiger partial charge is 1.00 e. The summed E-state index contributed by atoms with van der Waals surface area (Å²) in [4.78, 5) is 0. The van der Waals surface area contributed by atoms with E-state index >= 15 is 0 Å². The number of halogens is 2. The molecule has 0 unspecified atom stereocenters. The van der Waals surface area contributed by atoms with E-state index in [-0.39, 0.29) is 51.0 Å². The van der Waals surface area contributed by atoms with Crippen LogP contribution in [0.5, 0.6) is 0 Å². The number of fused-ring (bicyclic) bond motifs is 5. The zero-order valence-corrected chi connectivity index (χ0v) is 28.1. The van der Waals surface area contributed by atoms with Crippen molar-refractivity contribution in [2.24, 2.45) is 0 Å². The Morgan fingerprint density at radius 3 is 1.55 bits per heavy atom. The van der Waals surface area contributed by atoms with Crippen LogP contribution in [0, 0.1) is 0 Å². The van der Waals surface area contributed by atoms with Gasteiger partial charge in [0, 0.05) is 9.52 Å². The molecule has 0 aliphatic carbocycles. The minimum Gasteiger partial charge on any atom is -1.00 e. The van der Waals surface area contributed by atoms with Crippen molar-refractivity contribution in [3.63, 3.8) is 0 Å². The van der Waals surface area contributed by atoms with Crippen LogP contribution >= 0.6 is 0 Å². The Kier molecular flexibility index (Phi) is 13.6. The predicted octanol–water partition coefficient (Wildman–Crippen LogP) is 4.45. The molecule has 0 heterocycles. The van der Waals surface area contributed by atoms with Crippen LogP contribution in [0.1, 0.15) is 12.5 Å². The van der Waals surface area contributed by atoms with Crippen molar-refractivity contribution in [2.75, 3.05) is 0 Å². The molecule has 0 spiro atoms. The molecule has 2 radical (unpaired) electrons. The molecule has 4 heteroatoms. The van der Waals surface area contributed by atoms with Gasteiger partial charge in [-0.3, -0.25) is 0 Å². The molecule has 0 N–H and O–H groups in total. The summed E-state index contributed by atoms with van der Waals surface area (Å²) >= 11 is 0. The molecule has 0 atom stereocenters. The monoisotopic (exact) mass is 652 g/mol. The molecule has 7 aromatic carbocycles. The average molecular weight is 655 g/mol. The van der Waals surface area contributed by atoms with E-state index in [2.05, 4.69) is 147 Å². The number of hydrogen-bond donors (Lipinski definition) is 0. The van der Waals surface area contributed by atoms with Gasteiger partial charge in [0.2, 0.25) is 0 Å². The molecule has 0 nitrogen and oxygen atoms in total. The van der Waals surface area contributed by atoms with Crippen LogP contribution in [-0.2, 0) is 32.6 Å². The first kappa shape index (κ1) is 33.7. The number of benzene rings is 5. The summed E-state index contributed by atoms with van der Waals surface area (Å²) in [5.74, 6) is 0. The van der Waals surface area contributed by atoms with Gasteiger partial charge in [0.1, 0.15) is 0 Å². The van der Waals surface area contributed by atoms with Gasteiger partial charge in [-0.15, -0.1) is 74.3 Å². The van der Waals surface area contributed by atoms with Gasteiger partial charge in [0.25, 0.3) is 0 Å². The van der Waals surface area contributed by atoms with Crippen molar-refractivity contribution in [3.8, 4) is 11.1 Å². The van der Waals surface area contributed by atoms with Gasteiger partial charge in [-0.1, -0.05) is 111 Å². The summed E-state index contributed by atoms with van der Waals surface area (Å²) in [7, 11) is 1.08. The van der Waals surface area contributed by atoms with E-state index in [1.165, 1.54) is 59.8 Å². The fourth-order valence-electron chi connectivity index (χ4n) is 5.10. The number of aryl methyl sites for hydroxylation is 1. The third-order valence-electron chi connectivity index (χ3n) is 6.82. The molecule has 0 aliphatic heterocycles. The maximum Gasteiger partial charge on any atom is 4.00 e. The normalized spacial score (nSPS) is 9.97. The minimum atomic E-state index is 0. The molecule has 40 heavy (non-hydrogen) atoms. The van der Waals surface area contributed by atoms with Crippen LogP contribution in [-0.4, -0.2) is 9.52 Å². The van der Waals surface area contributed by atoms with Crippen molar-refractivity contribution in [2.45, 2.75) is 26.4 Å². The number of rotatable bonds is 2. The van der Waals surface area contributed by atoms with E-state index in [9.17, 15) is 0 Å². The van der Waals surface area contributed by atoms with Crippen molar-refractivity contribution in [1.29, 1.82) is 0 Å². The predicted molar refractivity (Wildman–Crippen MR) is 166 cm³/mol.